The predicted octanol–water partition coefficient (Wildman–Crippen LogP) is 3.22. The molecule has 20 heavy (non-hydrogen) atoms. The van der Waals surface area contributed by atoms with Gasteiger partial charge in [0.1, 0.15) is 13.0 Å². The van der Waals surface area contributed by atoms with E-state index >= 15 is 0 Å². The van der Waals surface area contributed by atoms with Crippen molar-refractivity contribution in [2.45, 2.75) is 64.2 Å². The summed E-state index contributed by atoms with van der Waals surface area (Å²) in [6.45, 7) is 2.23. The summed E-state index contributed by atoms with van der Waals surface area (Å²) in [5.41, 5.74) is 6.59. The molecule has 112 valence electrons. The van der Waals surface area contributed by atoms with Gasteiger partial charge < -0.3 is 5.73 Å². The van der Waals surface area contributed by atoms with E-state index < -0.39 is 0 Å². The van der Waals surface area contributed by atoms with E-state index in [9.17, 15) is 4.79 Å². The van der Waals surface area contributed by atoms with E-state index in [4.69, 9.17) is 5.73 Å². The molecule has 1 aromatic rings. The second-order valence-corrected chi connectivity index (χ2v) is 5.60. The van der Waals surface area contributed by atoms with Crippen LogP contribution in [-0.2, 0) is 11.8 Å². The molecule has 0 saturated heterocycles. The van der Waals surface area contributed by atoms with Gasteiger partial charge >= 0.3 is 0 Å². The molecule has 1 atom stereocenters. The Kier molecular flexibility index (Phi) is 7.93. The van der Waals surface area contributed by atoms with E-state index in [1.54, 1.807) is 0 Å². The average Bonchev–Trinajstić information content (AvgIpc) is 2.43. The first-order chi connectivity index (χ1) is 9.66. The summed E-state index contributed by atoms with van der Waals surface area (Å²) < 4.78 is 2.00. The third-order valence-corrected chi connectivity index (χ3v) is 3.89. The molecule has 1 amide bonds. The maximum absolute atomic E-state index is 11.7. The molecule has 0 aliphatic heterocycles. The molecule has 0 fully saturated rings. The number of carbonyl (C=O) groups excluding carboxylic acids is 1. The van der Waals surface area contributed by atoms with Crippen LogP contribution >= 0.6 is 0 Å². The largest absolute Gasteiger partial charge is 0.369 e. The zero-order valence-electron chi connectivity index (χ0n) is 13.0. The maximum atomic E-state index is 11.7. The Balaban J connectivity index is 2.38. The van der Waals surface area contributed by atoms with Gasteiger partial charge in [-0.25, -0.2) is 4.57 Å². The van der Waals surface area contributed by atoms with E-state index in [-0.39, 0.29) is 11.8 Å². The first kappa shape index (κ1) is 16.7. The number of carbonyl (C=O) groups is 1. The highest BCUT2D eigenvalue weighted by Crippen LogP contribution is 2.20. The van der Waals surface area contributed by atoms with Crippen LogP contribution < -0.4 is 10.3 Å². The van der Waals surface area contributed by atoms with E-state index in [1.807, 2.05) is 36.0 Å². The fraction of sp³-hybridized carbons (Fsp3) is 0.647. The minimum absolute atomic E-state index is 0.156. The van der Waals surface area contributed by atoms with Crippen molar-refractivity contribution in [1.29, 1.82) is 0 Å². The van der Waals surface area contributed by atoms with Gasteiger partial charge in [-0.3, -0.25) is 4.79 Å². The summed E-state index contributed by atoms with van der Waals surface area (Å²) in [6.07, 6.45) is 11.7. The summed E-state index contributed by atoms with van der Waals surface area (Å²) in [5.74, 6) is -0.366. The number of aryl methyl sites for hydroxylation is 1. The van der Waals surface area contributed by atoms with Gasteiger partial charge in [0.15, 0.2) is 11.9 Å². The minimum atomic E-state index is -0.210. The third-order valence-electron chi connectivity index (χ3n) is 3.89. The number of hydrogen-bond donors (Lipinski definition) is 1. The topological polar surface area (TPSA) is 47.0 Å². The van der Waals surface area contributed by atoms with Crippen molar-refractivity contribution in [3.05, 3.63) is 30.1 Å². The molecule has 1 rings (SSSR count). The summed E-state index contributed by atoms with van der Waals surface area (Å²) >= 11 is 0. The predicted molar refractivity (Wildman–Crippen MR) is 82.2 cm³/mol. The standard InChI is InChI=1S/C17H28N2O/c1-3-4-5-6-7-8-9-12-15(17(18)20)16-13-10-11-14-19(16)2/h10-11,13-15H,3-9,12H2,1-2H3,(H-,18,20)/p+1. The molecular weight excluding hydrogens is 248 g/mol. The SMILES string of the molecule is CCCCCCCCCC(C(N)=O)c1cccc[n+]1C. The first-order valence-electron chi connectivity index (χ1n) is 7.90. The van der Waals surface area contributed by atoms with Crippen LogP contribution in [0.5, 0.6) is 0 Å². The van der Waals surface area contributed by atoms with Crippen LogP contribution in [0.25, 0.3) is 0 Å². The van der Waals surface area contributed by atoms with Gasteiger partial charge in [-0.15, -0.1) is 0 Å². The van der Waals surface area contributed by atoms with E-state index in [0.29, 0.717) is 0 Å². The van der Waals surface area contributed by atoms with Crippen LogP contribution in [0.1, 0.15) is 69.9 Å². The van der Waals surface area contributed by atoms with Crippen molar-refractivity contribution < 1.29 is 9.36 Å². The second kappa shape index (κ2) is 9.51. The van der Waals surface area contributed by atoms with Crippen LogP contribution in [0.4, 0.5) is 0 Å². The molecule has 1 aromatic heterocycles. The molecule has 3 nitrogen and oxygen atoms in total. The van der Waals surface area contributed by atoms with E-state index in [1.165, 1.54) is 38.5 Å². The fourth-order valence-corrected chi connectivity index (χ4v) is 2.64. The normalized spacial score (nSPS) is 12.3. The Hall–Kier alpha value is -1.38. The van der Waals surface area contributed by atoms with E-state index in [0.717, 1.165) is 18.5 Å². The average molecular weight is 277 g/mol. The first-order valence-corrected chi connectivity index (χ1v) is 7.90. The number of aromatic nitrogens is 1. The number of amides is 1. The molecule has 0 radical (unpaired) electrons. The van der Waals surface area contributed by atoms with E-state index in [2.05, 4.69) is 6.92 Å². The summed E-state index contributed by atoms with van der Waals surface area (Å²) in [5, 5.41) is 0. The molecule has 1 unspecified atom stereocenters. The van der Waals surface area contributed by atoms with Crippen LogP contribution in [0.3, 0.4) is 0 Å². The highest BCUT2D eigenvalue weighted by molar-refractivity contribution is 5.80. The Labute approximate surface area is 123 Å². The highest BCUT2D eigenvalue weighted by atomic mass is 16.1. The number of unbranched alkanes of at least 4 members (excludes halogenated alkanes) is 6. The summed E-state index contributed by atoms with van der Waals surface area (Å²) in [6, 6.07) is 5.93. The van der Waals surface area contributed by atoms with Crippen molar-refractivity contribution >= 4 is 5.91 Å². The van der Waals surface area contributed by atoms with Crippen LogP contribution in [-0.4, -0.2) is 5.91 Å². The number of primary amides is 1. The molecule has 0 aliphatic rings. The molecule has 1 heterocycles. The number of hydrogen-bond acceptors (Lipinski definition) is 1. The Morgan fingerprint density at radius 1 is 1.15 bits per heavy atom. The monoisotopic (exact) mass is 277 g/mol. The Morgan fingerprint density at radius 2 is 1.80 bits per heavy atom. The lowest BCUT2D eigenvalue weighted by atomic mass is 9.95. The number of nitrogens with zero attached hydrogens (tertiary/aromatic N) is 1. The Bertz CT molecular complexity index is 404. The van der Waals surface area contributed by atoms with Crippen molar-refractivity contribution in [3.8, 4) is 0 Å². The Morgan fingerprint density at radius 3 is 2.40 bits per heavy atom. The smallest absolute Gasteiger partial charge is 0.231 e. The van der Waals surface area contributed by atoms with Crippen molar-refractivity contribution in [1.82, 2.24) is 0 Å². The molecule has 0 saturated carbocycles. The molecular formula is C17H29N2O+. The lowest BCUT2D eigenvalue weighted by Crippen LogP contribution is -2.38. The van der Waals surface area contributed by atoms with Crippen molar-refractivity contribution in [2.75, 3.05) is 0 Å². The molecule has 3 heteroatoms. The van der Waals surface area contributed by atoms with Gasteiger partial charge in [0.05, 0.1) is 0 Å². The van der Waals surface area contributed by atoms with Gasteiger partial charge in [-0.2, -0.15) is 0 Å². The molecule has 0 aromatic carbocycles. The van der Waals surface area contributed by atoms with Gasteiger partial charge in [0, 0.05) is 12.1 Å². The molecule has 2 N–H and O–H groups in total. The zero-order chi connectivity index (χ0) is 14.8. The molecule has 0 spiro atoms. The lowest BCUT2D eigenvalue weighted by molar-refractivity contribution is -0.679. The summed E-state index contributed by atoms with van der Waals surface area (Å²) in [4.78, 5) is 11.7. The van der Waals surface area contributed by atoms with Crippen molar-refractivity contribution in [3.63, 3.8) is 0 Å². The van der Waals surface area contributed by atoms with Gasteiger partial charge in [-0.1, -0.05) is 57.9 Å². The van der Waals surface area contributed by atoms with Gasteiger partial charge in [0.2, 0.25) is 5.91 Å². The number of pyridine rings is 1. The van der Waals surface area contributed by atoms with Crippen LogP contribution in [0.2, 0.25) is 0 Å². The van der Waals surface area contributed by atoms with Gasteiger partial charge in [0.25, 0.3) is 0 Å². The third kappa shape index (κ3) is 5.72. The van der Waals surface area contributed by atoms with Gasteiger partial charge in [-0.05, 0) is 6.42 Å². The quantitative estimate of drug-likeness (QED) is 0.518. The summed E-state index contributed by atoms with van der Waals surface area (Å²) in [7, 11) is 1.97. The lowest BCUT2D eigenvalue weighted by Gasteiger charge is -2.11. The van der Waals surface area contributed by atoms with Crippen LogP contribution in [0.15, 0.2) is 24.4 Å². The molecule has 0 bridgehead atoms. The minimum Gasteiger partial charge on any atom is -0.369 e. The zero-order valence-corrected chi connectivity index (χ0v) is 13.0. The van der Waals surface area contributed by atoms with Crippen LogP contribution in [0, 0.1) is 0 Å². The second-order valence-electron chi connectivity index (χ2n) is 5.60. The molecule has 0 aliphatic carbocycles. The fourth-order valence-electron chi connectivity index (χ4n) is 2.64. The highest BCUT2D eigenvalue weighted by Gasteiger charge is 2.24. The number of rotatable bonds is 10. The maximum Gasteiger partial charge on any atom is 0.231 e. The van der Waals surface area contributed by atoms with Crippen molar-refractivity contribution in [2.24, 2.45) is 12.8 Å². The number of nitrogens with two attached hydrogens (primary N) is 1.